The van der Waals surface area contributed by atoms with Crippen molar-refractivity contribution in [3.63, 3.8) is 0 Å². The molecule has 0 aliphatic carbocycles. The molecule has 1 aromatic carbocycles. The third-order valence-corrected chi connectivity index (χ3v) is 13.2. The van der Waals surface area contributed by atoms with Crippen LogP contribution in [0.1, 0.15) is 83.1 Å². The fourth-order valence-corrected chi connectivity index (χ4v) is 8.91. The van der Waals surface area contributed by atoms with E-state index in [0.717, 1.165) is 86.9 Å². The summed E-state index contributed by atoms with van der Waals surface area (Å²) in [5.74, 6) is 4.35. The van der Waals surface area contributed by atoms with Crippen LogP contribution in [0, 0.1) is 35.5 Å². The van der Waals surface area contributed by atoms with Gasteiger partial charge in [-0.05, 0) is 0 Å². The zero-order chi connectivity index (χ0) is 36.2. The molecule has 1 rings (SSSR count). The van der Waals surface area contributed by atoms with Crippen LogP contribution in [0.5, 0.6) is 0 Å². The molecule has 0 aromatic heterocycles. The van der Waals surface area contributed by atoms with E-state index in [4.69, 9.17) is 0 Å². The average molecular weight is 907 g/mol. The van der Waals surface area contributed by atoms with Gasteiger partial charge in [0.2, 0.25) is 0 Å². The third kappa shape index (κ3) is 24.2. The van der Waals surface area contributed by atoms with Gasteiger partial charge in [0.25, 0.3) is 0 Å². The van der Waals surface area contributed by atoms with Gasteiger partial charge in [-0.3, -0.25) is 0 Å². The second-order valence-corrected chi connectivity index (χ2v) is 21.5. The maximum atomic E-state index is 12.6. The molecule has 14 heteroatoms. The monoisotopic (exact) mass is 909 g/mol. The van der Waals surface area contributed by atoms with Crippen molar-refractivity contribution in [2.75, 3.05) is 39.3 Å². The molecule has 0 saturated carbocycles. The minimum Gasteiger partial charge on any atom is 4.00 e. The molecule has 1 aromatic rings. The quantitative estimate of drug-likeness (QED) is 0.108. The first-order valence-corrected chi connectivity index (χ1v) is 19.7. The Morgan fingerprint density at radius 2 is 0.609 bits per heavy atom. The molecule has 272 valence electrons. The molecule has 3 nitrogen and oxygen atoms in total. The molecule has 0 N–H and O–H groups in total. The summed E-state index contributed by atoms with van der Waals surface area (Å²) in [6.45, 7) is 32.5. The molecule has 0 bridgehead atoms. The smallest absolute Gasteiger partial charge is 4.00 e. The number of nitrogens with zero attached hydrogens (tertiary/aromatic N) is 3. The number of rotatable bonds is 13. The van der Waals surface area contributed by atoms with Crippen LogP contribution in [0.3, 0.4) is 0 Å². The van der Waals surface area contributed by atoms with Crippen LogP contribution in [0.4, 0.5) is 39.5 Å². The number of halogens is 9. The fraction of sp³-hybridized carbons (Fsp3) is 0.844. The molecule has 0 heterocycles. The van der Waals surface area contributed by atoms with E-state index in [2.05, 4.69) is 99.0 Å². The van der Waals surface area contributed by atoms with Gasteiger partial charge in [-0.1, -0.05) is 119 Å². The Hall–Kier alpha value is 0.0130. The summed E-state index contributed by atoms with van der Waals surface area (Å²) in [7, 11) is 0. The van der Waals surface area contributed by atoms with Crippen molar-refractivity contribution >= 4 is 17.7 Å². The first-order chi connectivity index (χ1) is 20.2. The van der Waals surface area contributed by atoms with Crippen LogP contribution in [-0.2, 0) is 25.8 Å². The summed E-state index contributed by atoms with van der Waals surface area (Å²) in [5, 5.41) is -5.96. The topological polar surface area (TPSA) is 42.3 Å². The van der Waals surface area contributed by atoms with E-state index in [-0.39, 0.29) is 38.0 Å². The molecular weight excluding hydrogens is 848 g/mol. The zero-order valence-corrected chi connectivity index (χ0v) is 35.5. The van der Waals surface area contributed by atoms with Crippen molar-refractivity contribution in [1.29, 1.82) is 0 Å². The summed E-state index contributed by atoms with van der Waals surface area (Å²) in [5.41, 5.74) is 0. The summed E-state index contributed by atoms with van der Waals surface area (Å²) in [6, 6.07) is 1.90. The molecular formula is C32H58F9GeHfN3. The Kier molecular flexibility index (Phi) is 29.7. The van der Waals surface area contributed by atoms with Crippen molar-refractivity contribution in [3.8, 4) is 0 Å². The molecule has 0 saturated heterocycles. The fourth-order valence-electron chi connectivity index (χ4n) is 3.37. The van der Waals surface area contributed by atoms with E-state index >= 15 is 0 Å². The van der Waals surface area contributed by atoms with Gasteiger partial charge < -0.3 is 16.0 Å². The molecule has 46 heavy (non-hydrogen) atoms. The molecule has 0 aliphatic rings. The van der Waals surface area contributed by atoms with Crippen LogP contribution in [-0.4, -0.2) is 67.6 Å². The average Bonchev–Trinajstić information content (AvgIpc) is 3.30. The van der Waals surface area contributed by atoms with Crippen LogP contribution >= 0.6 is 0 Å². The third-order valence-electron chi connectivity index (χ3n) is 5.34. The molecule has 0 amide bonds. The number of hydrogen-bond acceptors (Lipinski definition) is 0. The van der Waals surface area contributed by atoms with Crippen molar-refractivity contribution in [3.05, 3.63) is 40.2 Å². The van der Waals surface area contributed by atoms with Gasteiger partial charge in [-0.25, -0.2) is 0 Å². The van der Waals surface area contributed by atoms with Gasteiger partial charge in [0.05, 0.1) is 0 Å². The van der Waals surface area contributed by atoms with E-state index in [1.807, 2.05) is 0 Å². The predicted molar refractivity (Wildman–Crippen MR) is 174 cm³/mol. The normalized spacial score (nSPS) is 12.5. The van der Waals surface area contributed by atoms with Gasteiger partial charge in [0, 0.05) is 0 Å². The summed E-state index contributed by atoms with van der Waals surface area (Å²) < 4.78 is 111. The summed E-state index contributed by atoms with van der Waals surface area (Å²) in [4.78, 5) is 0. The molecule has 0 fully saturated rings. The zero-order valence-electron chi connectivity index (χ0n) is 29.8. The Bertz CT molecular complexity index is 704. The van der Waals surface area contributed by atoms with Crippen molar-refractivity contribution in [2.45, 2.75) is 98.1 Å². The summed E-state index contributed by atoms with van der Waals surface area (Å²) in [6.07, 6.45) is 0. The van der Waals surface area contributed by atoms with Gasteiger partial charge >= 0.3 is 122 Å². The standard InChI is InChI=1S/C8H4F9Ge.3C8H18N.Hf/c9-6(10,11)18(7(12,13)14,8(15,16)17)5-3-1-2-4-5;3*1-7(2)5-9-6-8(3)4;/h1-4H;3*7-8H,5-6H2,1-4H3;/q4*-1;+4. The van der Waals surface area contributed by atoms with Gasteiger partial charge in [0.15, 0.2) is 0 Å². The molecule has 0 unspecified atom stereocenters. The summed E-state index contributed by atoms with van der Waals surface area (Å²) >= 11 is -8.38. The Labute approximate surface area is 294 Å². The largest absolute Gasteiger partial charge is 4.00 e. The van der Waals surface area contributed by atoms with Crippen LogP contribution in [0.15, 0.2) is 24.3 Å². The van der Waals surface area contributed by atoms with Crippen LogP contribution < -0.4 is 4.40 Å². The Morgan fingerprint density at radius 1 is 0.435 bits per heavy atom. The van der Waals surface area contributed by atoms with E-state index in [0.29, 0.717) is 0 Å². The molecule has 0 spiro atoms. The van der Waals surface area contributed by atoms with E-state index < -0.39 is 32.7 Å². The first kappa shape index (κ1) is 52.8. The Balaban J connectivity index is -0.000000271. The van der Waals surface area contributed by atoms with E-state index in [1.165, 1.54) is 0 Å². The minimum absolute atomic E-state index is 0. The van der Waals surface area contributed by atoms with Crippen LogP contribution in [0.2, 0.25) is 0 Å². The van der Waals surface area contributed by atoms with Gasteiger partial charge in [0.1, 0.15) is 0 Å². The SMILES string of the molecule is CC(C)C[N-]CC(C)C.CC(C)C[N-]CC(C)C.CC(C)C[N-]CC(C)C.F[C](F)(F)[Ge]([c-]1cccc1)([C](F)(F)F)[C](F)(F)F.[Hf+4]. The van der Waals surface area contributed by atoms with Crippen molar-refractivity contribution in [2.24, 2.45) is 35.5 Å². The number of alkyl halides is 9. The van der Waals surface area contributed by atoms with E-state index in [9.17, 15) is 39.5 Å². The minimum atomic E-state index is -8.38. The maximum absolute atomic E-state index is 12.6. The van der Waals surface area contributed by atoms with Crippen LogP contribution in [0.25, 0.3) is 16.0 Å². The van der Waals surface area contributed by atoms with Gasteiger partial charge in [-0.15, -0.1) is 39.3 Å². The molecule has 0 radical (unpaired) electrons. The molecule has 0 atom stereocenters. The Morgan fingerprint density at radius 3 is 0.739 bits per heavy atom. The van der Waals surface area contributed by atoms with E-state index in [1.54, 1.807) is 0 Å². The van der Waals surface area contributed by atoms with Crippen molar-refractivity contribution in [1.82, 2.24) is 0 Å². The second kappa shape index (κ2) is 25.9. The number of hydrogen-bond donors (Lipinski definition) is 0. The maximum Gasteiger partial charge on any atom is 4.00 e. The predicted octanol–water partition coefficient (Wildman–Crippen LogP) is 11.4. The second-order valence-electron chi connectivity index (χ2n) is 13.5. The molecule has 0 aliphatic heterocycles. The first-order valence-electron chi connectivity index (χ1n) is 15.6. The van der Waals surface area contributed by atoms with Crippen molar-refractivity contribution < 1.29 is 65.4 Å². The van der Waals surface area contributed by atoms with Gasteiger partial charge in [-0.2, -0.15) is 0 Å².